The van der Waals surface area contributed by atoms with Crippen molar-refractivity contribution in [3.8, 4) is 0 Å². The standard InChI is InChI=1S/C15H26N2/c1-13(16-15(2,3)4)11-17(5)12-14-9-7-6-8-10-14/h6-10,13,16H,11-12H2,1-5H3. The van der Waals surface area contributed by atoms with Crippen LogP contribution >= 0.6 is 0 Å². The highest BCUT2D eigenvalue weighted by Gasteiger charge is 2.14. The smallest absolute Gasteiger partial charge is 0.0231 e. The summed E-state index contributed by atoms with van der Waals surface area (Å²) in [6.07, 6.45) is 0. The molecule has 0 bridgehead atoms. The van der Waals surface area contributed by atoms with Gasteiger partial charge >= 0.3 is 0 Å². The zero-order chi connectivity index (χ0) is 12.9. The molecule has 0 aliphatic heterocycles. The van der Waals surface area contributed by atoms with E-state index in [4.69, 9.17) is 0 Å². The maximum atomic E-state index is 3.59. The van der Waals surface area contributed by atoms with Crippen molar-refractivity contribution in [2.75, 3.05) is 13.6 Å². The predicted molar refractivity (Wildman–Crippen MR) is 75.1 cm³/mol. The number of likely N-dealkylation sites (N-methyl/N-ethyl adjacent to an activating group) is 1. The first-order valence-electron chi connectivity index (χ1n) is 6.37. The average molecular weight is 234 g/mol. The van der Waals surface area contributed by atoms with E-state index < -0.39 is 0 Å². The van der Waals surface area contributed by atoms with Crippen molar-refractivity contribution >= 4 is 0 Å². The second-order valence-corrected chi connectivity index (χ2v) is 5.98. The predicted octanol–water partition coefficient (Wildman–Crippen LogP) is 2.90. The van der Waals surface area contributed by atoms with Gasteiger partial charge in [0, 0.05) is 24.7 Å². The van der Waals surface area contributed by atoms with E-state index in [0.29, 0.717) is 6.04 Å². The van der Waals surface area contributed by atoms with Crippen LogP contribution in [0.1, 0.15) is 33.3 Å². The SMILES string of the molecule is CC(CN(C)Cc1ccccc1)NC(C)(C)C. The van der Waals surface area contributed by atoms with E-state index in [9.17, 15) is 0 Å². The summed E-state index contributed by atoms with van der Waals surface area (Å²) in [6, 6.07) is 11.1. The highest BCUT2D eigenvalue weighted by atomic mass is 15.1. The molecule has 2 heteroatoms. The lowest BCUT2D eigenvalue weighted by Gasteiger charge is -2.29. The summed E-state index contributed by atoms with van der Waals surface area (Å²) in [5.41, 5.74) is 1.56. The van der Waals surface area contributed by atoms with Crippen molar-refractivity contribution < 1.29 is 0 Å². The quantitative estimate of drug-likeness (QED) is 0.842. The summed E-state index contributed by atoms with van der Waals surface area (Å²) >= 11 is 0. The molecule has 0 aliphatic carbocycles. The van der Waals surface area contributed by atoms with Crippen molar-refractivity contribution in [2.45, 2.75) is 45.8 Å². The van der Waals surface area contributed by atoms with Crippen molar-refractivity contribution in [3.63, 3.8) is 0 Å². The molecule has 0 fully saturated rings. The number of hydrogen-bond donors (Lipinski definition) is 1. The molecule has 17 heavy (non-hydrogen) atoms. The van der Waals surface area contributed by atoms with Gasteiger partial charge in [0.2, 0.25) is 0 Å². The summed E-state index contributed by atoms with van der Waals surface area (Å²) in [5.74, 6) is 0. The second kappa shape index (κ2) is 6.18. The van der Waals surface area contributed by atoms with Gasteiger partial charge in [-0.3, -0.25) is 0 Å². The van der Waals surface area contributed by atoms with E-state index in [1.54, 1.807) is 0 Å². The fraction of sp³-hybridized carbons (Fsp3) is 0.600. The van der Waals surface area contributed by atoms with Crippen LogP contribution in [0.15, 0.2) is 30.3 Å². The van der Waals surface area contributed by atoms with E-state index in [-0.39, 0.29) is 5.54 Å². The number of hydrogen-bond acceptors (Lipinski definition) is 2. The summed E-state index contributed by atoms with van der Waals surface area (Å²) < 4.78 is 0. The van der Waals surface area contributed by atoms with E-state index in [1.165, 1.54) is 5.56 Å². The van der Waals surface area contributed by atoms with Gasteiger partial charge in [-0.15, -0.1) is 0 Å². The Bertz CT molecular complexity index is 313. The molecule has 0 aliphatic rings. The molecule has 2 nitrogen and oxygen atoms in total. The van der Waals surface area contributed by atoms with Crippen LogP contribution < -0.4 is 5.32 Å². The maximum Gasteiger partial charge on any atom is 0.0231 e. The molecular weight excluding hydrogens is 208 g/mol. The van der Waals surface area contributed by atoms with Gasteiger partial charge in [-0.2, -0.15) is 0 Å². The minimum atomic E-state index is 0.188. The molecule has 0 aromatic heterocycles. The van der Waals surface area contributed by atoms with Crippen molar-refractivity contribution in [3.05, 3.63) is 35.9 Å². The fourth-order valence-electron chi connectivity index (χ4n) is 2.21. The lowest BCUT2D eigenvalue weighted by molar-refractivity contribution is 0.260. The summed E-state index contributed by atoms with van der Waals surface area (Å²) in [6.45, 7) is 10.9. The normalized spacial score (nSPS) is 14.0. The Labute approximate surface area is 106 Å². The van der Waals surface area contributed by atoms with Gasteiger partial charge < -0.3 is 10.2 Å². The van der Waals surface area contributed by atoms with Crippen LogP contribution in [0.2, 0.25) is 0 Å². The molecule has 1 unspecified atom stereocenters. The lowest BCUT2D eigenvalue weighted by atomic mass is 10.1. The highest BCUT2D eigenvalue weighted by Crippen LogP contribution is 2.05. The Hall–Kier alpha value is -0.860. The molecule has 1 aromatic rings. The summed E-state index contributed by atoms with van der Waals surface area (Å²) in [4.78, 5) is 2.36. The van der Waals surface area contributed by atoms with Crippen LogP contribution in [0.4, 0.5) is 0 Å². The van der Waals surface area contributed by atoms with Gasteiger partial charge in [0.05, 0.1) is 0 Å². The Morgan fingerprint density at radius 3 is 2.29 bits per heavy atom. The molecule has 96 valence electrons. The maximum absolute atomic E-state index is 3.59. The second-order valence-electron chi connectivity index (χ2n) is 5.98. The molecule has 1 aromatic carbocycles. The van der Waals surface area contributed by atoms with Gasteiger partial charge in [-0.25, -0.2) is 0 Å². The molecule has 1 N–H and O–H groups in total. The van der Waals surface area contributed by atoms with Crippen LogP contribution in [0.3, 0.4) is 0 Å². The van der Waals surface area contributed by atoms with Gasteiger partial charge in [-0.1, -0.05) is 30.3 Å². The molecule has 0 heterocycles. The van der Waals surface area contributed by atoms with Crippen molar-refractivity contribution in [1.82, 2.24) is 10.2 Å². The van der Waals surface area contributed by atoms with Gasteiger partial charge in [-0.05, 0) is 40.3 Å². The molecule has 0 saturated carbocycles. The van der Waals surface area contributed by atoms with Crippen LogP contribution in [-0.4, -0.2) is 30.1 Å². The fourth-order valence-corrected chi connectivity index (χ4v) is 2.21. The molecule has 0 saturated heterocycles. The minimum Gasteiger partial charge on any atom is -0.308 e. The Morgan fingerprint density at radius 2 is 1.76 bits per heavy atom. The van der Waals surface area contributed by atoms with Crippen LogP contribution in [0.5, 0.6) is 0 Å². The number of nitrogens with one attached hydrogen (secondary N) is 1. The molecular formula is C15H26N2. The topological polar surface area (TPSA) is 15.3 Å². The first-order chi connectivity index (χ1) is 7.87. The molecule has 1 atom stereocenters. The third-order valence-corrected chi connectivity index (χ3v) is 2.56. The lowest BCUT2D eigenvalue weighted by Crippen LogP contribution is -2.46. The first kappa shape index (κ1) is 14.2. The Balaban J connectivity index is 2.37. The summed E-state index contributed by atoms with van der Waals surface area (Å²) in [5, 5.41) is 3.59. The third-order valence-electron chi connectivity index (χ3n) is 2.56. The van der Waals surface area contributed by atoms with Gasteiger partial charge in [0.15, 0.2) is 0 Å². The zero-order valence-corrected chi connectivity index (χ0v) is 11.8. The van der Waals surface area contributed by atoms with Crippen molar-refractivity contribution in [2.24, 2.45) is 0 Å². The van der Waals surface area contributed by atoms with E-state index in [1.807, 2.05) is 0 Å². The zero-order valence-electron chi connectivity index (χ0n) is 11.8. The molecule has 0 amide bonds. The monoisotopic (exact) mass is 234 g/mol. The highest BCUT2D eigenvalue weighted by molar-refractivity contribution is 5.14. The first-order valence-corrected chi connectivity index (χ1v) is 6.37. The van der Waals surface area contributed by atoms with Crippen LogP contribution in [-0.2, 0) is 6.54 Å². The van der Waals surface area contributed by atoms with E-state index >= 15 is 0 Å². The van der Waals surface area contributed by atoms with E-state index in [2.05, 4.69) is 75.3 Å². The molecule has 0 spiro atoms. The largest absolute Gasteiger partial charge is 0.308 e. The van der Waals surface area contributed by atoms with Crippen LogP contribution in [0.25, 0.3) is 0 Å². The Morgan fingerprint density at radius 1 is 1.18 bits per heavy atom. The van der Waals surface area contributed by atoms with E-state index in [0.717, 1.165) is 13.1 Å². The molecule has 0 radical (unpaired) electrons. The number of rotatable bonds is 5. The molecule has 1 rings (SSSR count). The minimum absolute atomic E-state index is 0.188. The average Bonchev–Trinajstić information content (AvgIpc) is 2.15. The number of benzene rings is 1. The van der Waals surface area contributed by atoms with Crippen LogP contribution in [0, 0.1) is 0 Å². The summed E-state index contributed by atoms with van der Waals surface area (Å²) in [7, 11) is 2.17. The van der Waals surface area contributed by atoms with Crippen molar-refractivity contribution in [1.29, 1.82) is 0 Å². The third kappa shape index (κ3) is 6.44. The number of nitrogens with zero attached hydrogens (tertiary/aromatic N) is 1. The Kier molecular flexibility index (Phi) is 5.16. The van der Waals surface area contributed by atoms with Gasteiger partial charge in [0.25, 0.3) is 0 Å². The van der Waals surface area contributed by atoms with Gasteiger partial charge in [0.1, 0.15) is 0 Å².